The molecule has 3 nitrogen and oxygen atoms in total. The first-order chi connectivity index (χ1) is 8.99. The molecule has 1 saturated heterocycles. The average molecular weight is 362 g/mol. The van der Waals surface area contributed by atoms with Crippen LogP contribution < -0.4 is 10.6 Å². The molecule has 1 aromatic carbocycles. The Labute approximate surface area is 135 Å². The summed E-state index contributed by atoms with van der Waals surface area (Å²) < 4.78 is 1.05. The molecule has 0 aromatic heterocycles. The third-order valence-electron chi connectivity index (χ3n) is 3.67. The summed E-state index contributed by atoms with van der Waals surface area (Å²) in [6.07, 6.45) is 2.06. The van der Waals surface area contributed by atoms with Crippen LogP contribution >= 0.6 is 28.3 Å². The molecule has 1 aliphatic heterocycles. The Morgan fingerprint density at radius 3 is 2.55 bits per heavy atom. The zero-order valence-electron chi connectivity index (χ0n) is 11.9. The first kappa shape index (κ1) is 17.5. The lowest BCUT2D eigenvalue weighted by atomic mass is 9.92. The van der Waals surface area contributed by atoms with Crippen LogP contribution in [0.5, 0.6) is 0 Å². The van der Waals surface area contributed by atoms with Crippen molar-refractivity contribution in [2.75, 3.05) is 13.1 Å². The monoisotopic (exact) mass is 360 g/mol. The van der Waals surface area contributed by atoms with E-state index in [2.05, 4.69) is 26.6 Å². The van der Waals surface area contributed by atoms with Crippen LogP contribution in [0.3, 0.4) is 0 Å². The molecule has 1 amide bonds. The number of amides is 1. The Morgan fingerprint density at radius 1 is 1.35 bits per heavy atom. The molecule has 1 aromatic rings. The highest BCUT2D eigenvalue weighted by molar-refractivity contribution is 9.10. The van der Waals surface area contributed by atoms with E-state index in [1.807, 2.05) is 38.1 Å². The van der Waals surface area contributed by atoms with E-state index in [1.54, 1.807) is 0 Å². The molecule has 0 bridgehead atoms. The number of piperidine rings is 1. The summed E-state index contributed by atoms with van der Waals surface area (Å²) >= 11 is 3.43. The fraction of sp³-hybridized carbons (Fsp3) is 0.533. The lowest BCUT2D eigenvalue weighted by Crippen LogP contribution is -2.47. The van der Waals surface area contributed by atoms with E-state index in [4.69, 9.17) is 0 Å². The van der Waals surface area contributed by atoms with Crippen molar-refractivity contribution >= 4 is 34.2 Å². The highest BCUT2D eigenvalue weighted by atomic mass is 79.9. The van der Waals surface area contributed by atoms with Crippen LogP contribution in [0.15, 0.2) is 28.7 Å². The third-order valence-corrected chi connectivity index (χ3v) is 4.20. The minimum atomic E-state index is -0.338. The van der Waals surface area contributed by atoms with Gasteiger partial charge >= 0.3 is 0 Å². The topological polar surface area (TPSA) is 41.1 Å². The molecule has 0 spiro atoms. The van der Waals surface area contributed by atoms with E-state index in [0.29, 0.717) is 0 Å². The molecule has 20 heavy (non-hydrogen) atoms. The van der Waals surface area contributed by atoms with Gasteiger partial charge in [-0.25, -0.2) is 0 Å². The minimum Gasteiger partial charge on any atom is -0.347 e. The zero-order valence-corrected chi connectivity index (χ0v) is 14.3. The predicted octanol–water partition coefficient (Wildman–Crippen LogP) is 3.22. The molecule has 2 N–H and O–H groups in total. The average Bonchev–Trinajstić information content (AvgIpc) is 2.40. The summed E-state index contributed by atoms with van der Waals surface area (Å²) in [5.74, 6) is 0.253. The van der Waals surface area contributed by atoms with Crippen LogP contribution in [0.2, 0.25) is 0 Å². The largest absolute Gasteiger partial charge is 0.347 e. The molecule has 5 heteroatoms. The van der Waals surface area contributed by atoms with Gasteiger partial charge in [0.1, 0.15) is 0 Å². The van der Waals surface area contributed by atoms with Gasteiger partial charge in [0.15, 0.2) is 0 Å². The minimum absolute atomic E-state index is 0. The van der Waals surface area contributed by atoms with Crippen LogP contribution in [0.1, 0.15) is 32.3 Å². The maximum absolute atomic E-state index is 12.3. The molecule has 1 fully saturated rings. The molecular weight excluding hydrogens is 340 g/mol. The second-order valence-corrected chi connectivity index (χ2v) is 6.58. The van der Waals surface area contributed by atoms with E-state index in [9.17, 15) is 4.79 Å². The molecule has 2 rings (SSSR count). The normalized spacial score (nSPS) is 19.1. The molecule has 0 saturated carbocycles. The SMILES string of the molecule is CC(C)(NC(=O)C1CCCNC1)c1ccc(Br)cc1.Cl. The molecule has 1 heterocycles. The van der Waals surface area contributed by atoms with E-state index in [1.165, 1.54) is 0 Å². The number of carbonyl (C=O) groups excluding carboxylic acids is 1. The number of benzene rings is 1. The fourth-order valence-electron chi connectivity index (χ4n) is 2.42. The predicted molar refractivity (Wildman–Crippen MR) is 88.2 cm³/mol. The van der Waals surface area contributed by atoms with E-state index in [0.717, 1.165) is 36.0 Å². The summed E-state index contributed by atoms with van der Waals surface area (Å²) in [6.45, 7) is 5.91. The van der Waals surface area contributed by atoms with Gasteiger partial charge < -0.3 is 10.6 Å². The van der Waals surface area contributed by atoms with Gasteiger partial charge in [-0.2, -0.15) is 0 Å². The van der Waals surface area contributed by atoms with Crippen molar-refractivity contribution in [3.8, 4) is 0 Å². The van der Waals surface area contributed by atoms with Crippen molar-refractivity contribution in [3.63, 3.8) is 0 Å². The van der Waals surface area contributed by atoms with E-state index in [-0.39, 0.29) is 29.8 Å². The van der Waals surface area contributed by atoms with Gasteiger partial charge in [0.05, 0.1) is 11.5 Å². The quantitative estimate of drug-likeness (QED) is 0.868. The highest BCUT2D eigenvalue weighted by Crippen LogP contribution is 2.23. The maximum Gasteiger partial charge on any atom is 0.225 e. The third kappa shape index (κ3) is 4.47. The number of rotatable bonds is 3. The molecule has 1 unspecified atom stereocenters. The van der Waals surface area contributed by atoms with Gasteiger partial charge in [-0.1, -0.05) is 28.1 Å². The Kier molecular flexibility index (Phi) is 6.49. The maximum atomic E-state index is 12.3. The highest BCUT2D eigenvalue weighted by Gasteiger charge is 2.28. The van der Waals surface area contributed by atoms with Crippen molar-refractivity contribution in [1.29, 1.82) is 0 Å². The van der Waals surface area contributed by atoms with Gasteiger partial charge in [0.25, 0.3) is 0 Å². The summed E-state index contributed by atoms with van der Waals surface area (Å²) in [6, 6.07) is 8.10. The van der Waals surface area contributed by atoms with Gasteiger partial charge in [-0.3, -0.25) is 4.79 Å². The fourth-order valence-corrected chi connectivity index (χ4v) is 2.69. The number of halogens is 2. The van der Waals surface area contributed by atoms with Crippen LogP contribution in [0.4, 0.5) is 0 Å². The van der Waals surface area contributed by atoms with Gasteiger partial charge in [0.2, 0.25) is 5.91 Å². The molecule has 1 atom stereocenters. The molecule has 1 aliphatic rings. The van der Waals surface area contributed by atoms with Crippen molar-refractivity contribution in [1.82, 2.24) is 10.6 Å². The number of nitrogens with one attached hydrogen (secondary N) is 2. The van der Waals surface area contributed by atoms with Crippen LogP contribution in [0, 0.1) is 5.92 Å². The van der Waals surface area contributed by atoms with Crippen molar-refractivity contribution in [2.45, 2.75) is 32.2 Å². The van der Waals surface area contributed by atoms with Gasteiger partial charge in [-0.05, 0) is 50.9 Å². The molecule has 0 radical (unpaired) electrons. The number of carbonyl (C=O) groups is 1. The molecule has 112 valence electrons. The van der Waals surface area contributed by atoms with E-state index >= 15 is 0 Å². The summed E-state index contributed by atoms with van der Waals surface area (Å²) in [7, 11) is 0. The molecular formula is C15H22BrClN2O. The van der Waals surface area contributed by atoms with Crippen molar-refractivity contribution < 1.29 is 4.79 Å². The van der Waals surface area contributed by atoms with Crippen molar-refractivity contribution in [3.05, 3.63) is 34.3 Å². The summed E-state index contributed by atoms with van der Waals surface area (Å²) in [5.41, 5.74) is 0.780. The second-order valence-electron chi connectivity index (χ2n) is 5.66. The summed E-state index contributed by atoms with van der Waals surface area (Å²) in [5, 5.41) is 6.45. The lowest BCUT2D eigenvalue weighted by molar-refractivity contribution is -0.127. The second kappa shape index (κ2) is 7.43. The van der Waals surface area contributed by atoms with E-state index < -0.39 is 0 Å². The van der Waals surface area contributed by atoms with Crippen LogP contribution in [-0.4, -0.2) is 19.0 Å². The van der Waals surface area contributed by atoms with Crippen LogP contribution in [0.25, 0.3) is 0 Å². The van der Waals surface area contributed by atoms with Crippen molar-refractivity contribution in [2.24, 2.45) is 5.92 Å². The van der Waals surface area contributed by atoms with Gasteiger partial charge in [-0.15, -0.1) is 12.4 Å². The Bertz CT molecular complexity index is 442. The smallest absolute Gasteiger partial charge is 0.225 e. The standard InChI is InChI=1S/C15H21BrN2O.ClH/c1-15(2,12-5-7-13(16)8-6-12)18-14(19)11-4-3-9-17-10-11;/h5-8,11,17H,3-4,9-10H2,1-2H3,(H,18,19);1H. The number of hydrogen-bond donors (Lipinski definition) is 2. The van der Waals surface area contributed by atoms with Gasteiger partial charge in [0, 0.05) is 11.0 Å². The van der Waals surface area contributed by atoms with Crippen LogP contribution in [-0.2, 0) is 10.3 Å². The first-order valence-corrected chi connectivity index (χ1v) is 7.57. The first-order valence-electron chi connectivity index (χ1n) is 6.78. The number of hydrogen-bond acceptors (Lipinski definition) is 2. The Morgan fingerprint density at radius 2 is 2.00 bits per heavy atom. The lowest BCUT2D eigenvalue weighted by Gasteiger charge is -2.31. The summed E-state index contributed by atoms with van der Waals surface area (Å²) in [4.78, 5) is 12.3. The Balaban J connectivity index is 0.00000200. The zero-order chi connectivity index (χ0) is 13.9. The Hall–Kier alpha value is -0.580. The molecule has 0 aliphatic carbocycles.